The summed E-state index contributed by atoms with van der Waals surface area (Å²) < 4.78 is 1.90. The van der Waals surface area contributed by atoms with Crippen LogP contribution in [0.25, 0.3) is 10.7 Å². The zero-order chi connectivity index (χ0) is 13.5. The van der Waals surface area contributed by atoms with Gasteiger partial charge in [-0.25, -0.2) is 4.98 Å². The number of nitrogens with one attached hydrogen (secondary N) is 1. The van der Waals surface area contributed by atoms with Gasteiger partial charge in [0.1, 0.15) is 5.82 Å². The van der Waals surface area contributed by atoms with E-state index >= 15 is 0 Å². The summed E-state index contributed by atoms with van der Waals surface area (Å²) in [5.74, 6) is 1.81. The maximum Gasteiger partial charge on any atom is 0.191 e. The number of thiophene rings is 2. The molecule has 0 fully saturated rings. The lowest BCUT2D eigenvalue weighted by atomic mass is 10.0. The predicted molar refractivity (Wildman–Crippen MR) is 82.2 cm³/mol. The van der Waals surface area contributed by atoms with E-state index in [0.717, 1.165) is 29.5 Å². The highest BCUT2D eigenvalue weighted by Crippen LogP contribution is 2.32. The molecule has 20 heavy (non-hydrogen) atoms. The first-order valence-corrected chi connectivity index (χ1v) is 8.33. The first kappa shape index (κ1) is 12.3. The molecule has 3 aromatic rings. The van der Waals surface area contributed by atoms with Crippen LogP contribution in [-0.2, 0) is 13.5 Å². The van der Waals surface area contributed by atoms with Gasteiger partial charge in [0.25, 0.3) is 0 Å². The van der Waals surface area contributed by atoms with Crippen molar-refractivity contribution in [2.24, 2.45) is 7.05 Å². The molecule has 1 aliphatic heterocycles. The van der Waals surface area contributed by atoms with Gasteiger partial charge in [0, 0.05) is 18.5 Å². The van der Waals surface area contributed by atoms with E-state index in [2.05, 4.69) is 33.3 Å². The van der Waals surface area contributed by atoms with Gasteiger partial charge in [-0.1, -0.05) is 6.07 Å². The Bertz CT molecular complexity index is 726. The SMILES string of the molecule is Cn1nc(-c2cccs2)nc1C1NCCc2sccc21. The fourth-order valence-corrected chi connectivity index (χ4v) is 4.21. The average molecular weight is 302 g/mol. The molecule has 3 aromatic heterocycles. The number of rotatable bonds is 2. The third-order valence-corrected chi connectivity index (χ3v) is 5.45. The van der Waals surface area contributed by atoms with Crippen molar-refractivity contribution in [1.29, 1.82) is 0 Å². The minimum absolute atomic E-state index is 0.163. The second-order valence-electron chi connectivity index (χ2n) is 4.83. The molecule has 1 aliphatic rings. The zero-order valence-corrected chi connectivity index (χ0v) is 12.7. The first-order valence-electron chi connectivity index (χ1n) is 6.57. The van der Waals surface area contributed by atoms with Crippen molar-refractivity contribution in [2.45, 2.75) is 12.5 Å². The highest BCUT2D eigenvalue weighted by Gasteiger charge is 2.26. The first-order chi connectivity index (χ1) is 9.83. The van der Waals surface area contributed by atoms with Crippen molar-refractivity contribution in [3.05, 3.63) is 45.2 Å². The summed E-state index contributed by atoms with van der Waals surface area (Å²) in [6.07, 6.45) is 1.11. The van der Waals surface area contributed by atoms with Crippen LogP contribution in [0.15, 0.2) is 29.0 Å². The van der Waals surface area contributed by atoms with Crippen LogP contribution in [0.1, 0.15) is 22.3 Å². The summed E-state index contributed by atoms with van der Waals surface area (Å²) >= 11 is 3.51. The van der Waals surface area contributed by atoms with E-state index in [1.165, 1.54) is 10.4 Å². The van der Waals surface area contributed by atoms with Crippen LogP contribution < -0.4 is 5.32 Å². The van der Waals surface area contributed by atoms with Crippen LogP contribution in [0.5, 0.6) is 0 Å². The third kappa shape index (κ3) is 1.91. The van der Waals surface area contributed by atoms with E-state index in [1.807, 2.05) is 29.1 Å². The average Bonchev–Trinajstić information content (AvgIpc) is 3.18. The van der Waals surface area contributed by atoms with Gasteiger partial charge in [0.2, 0.25) is 0 Å². The van der Waals surface area contributed by atoms with Gasteiger partial charge in [0.15, 0.2) is 5.82 Å². The molecule has 0 amide bonds. The van der Waals surface area contributed by atoms with E-state index < -0.39 is 0 Å². The highest BCUT2D eigenvalue weighted by atomic mass is 32.1. The van der Waals surface area contributed by atoms with Crippen molar-refractivity contribution >= 4 is 22.7 Å². The Labute approximate surface area is 125 Å². The van der Waals surface area contributed by atoms with Gasteiger partial charge < -0.3 is 5.32 Å². The van der Waals surface area contributed by atoms with Crippen LogP contribution in [0.3, 0.4) is 0 Å². The Morgan fingerprint density at radius 1 is 1.30 bits per heavy atom. The van der Waals surface area contributed by atoms with Crippen molar-refractivity contribution < 1.29 is 0 Å². The number of nitrogens with zero attached hydrogens (tertiary/aromatic N) is 3. The molecule has 6 heteroatoms. The number of hydrogen-bond donors (Lipinski definition) is 1. The molecule has 0 bridgehead atoms. The molecule has 0 aliphatic carbocycles. The monoisotopic (exact) mass is 302 g/mol. The topological polar surface area (TPSA) is 42.7 Å². The summed E-state index contributed by atoms with van der Waals surface area (Å²) in [5, 5.41) is 12.4. The molecular formula is C14H14N4S2. The van der Waals surface area contributed by atoms with E-state index in [0.29, 0.717) is 0 Å². The van der Waals surface area contributed by atoms with E-state index in [9.17, 15) is 0 Å². The standard InChI is InChI=1S/C14H14N4S2/c1-18-14(16-13(17-18)11-3-2-7-19-11)12-9-5-8-20-10(9)4-6-15-12/h2-3,5,7-8,12,15H,4,6H2,1H3. The molecule has 0 saturated carbocycles. The Balaban J connectivity index is 1.77. The van der Waals surface area contributed by atoms with Gasteiger partial charge in [0.05, 0.1) is 10.9 Å². The van der Waals surface area contributed by atoms with E-state index in [4.69, 9.17) is 4.98 Å². The molecule has 4 heterocycles. The van der Waals surface area contributed by atoms with Gasteiger partial charge in [-0.2, -0.15) is 5.10 Å². The van der Waals surface area contributed by atoms with Crippen LogP contribution in [0.2, 0.25) is 0 Å². The number of hydrogen-bond acceptors (Lipinski definition) is 5. The highest BCUT2D eigenvalue weighted by molar-refractivity contribution is 7.13. The Kier molecular flexibility index (Phi) is 2.94. The third-order valence-electron chi connectivity index (χ3n) is 3.59. The number of aryl methyl sites for hydroxylation is 1. The summed E-state index contributed by atoms with van der Waals surface area (Å²) in [5.41, 5.74) is 1.36. The smallest absolute Gasteiger partial charge is 0.191 e. The van der Waals surface area contributed by atoms with Gasteiger partial charge in [-0.05, 0) is 34.9 Å². The molecule has 1 N–H and O–H groups in total. The van der Waals surface area contributed by atoms with Crippen LogP contribution in [0, 0.1) is 0 Å². The summed E-state index contributed by atoms with van der Waals surface area (Å²) in [4.78, 5) is 7.34. The van der Waals surface area contributed by atoms with Crippen LogP contribution >= 0.6 is 22.7 Å². The predicted octanol–water partition coefficient (Wildman–Crippen LogP) is 2.84. The lowest BCUT2D eigenvalue weighted by molar-refractivity contribution is 0.523. The van der Waals surface area contributed by atoms with Crippen molar-refractivity contribution in [3.63, 3.8) is 0 Å². The van der Waals surface area contributed by atoms with Crippen molar-refractivity contribution in [1.82, 2.24) is 20.1 Å². The zero-order valence-electron chi connectivity index (χ0n) is 11.0. The number of fused-ring (bicyclic) bond motifs is 1. The molecule has 4 nitrogen and oxygen atoms in total. The Morgan fingerprint density at radius 2 is 2.25 bits per heavy atom. The number of aromatic nitrogens is 3. The molecule has 0 spiro atoms. The largest absolute Gasteiger partial charge is 0.303 e. The lowest BCUT2D eigenvalue weighted by Crippen LogP contribution is -2.31. The fourth-order valence-electron chi connectivity index (χ4n) is 2.64. The van der Waals surface area contributed by atoms with Crippen molar-refractivity contribution in [2.75, 3.05) is 6.54 Å². The molecule has 0 radical (unpaired) electrons. The normalized spacial score (nSPS) is 18.1. The summed E-state index contributed by atoms with van der Waals surface area (Å²) in [7, 11) is 1.97. The maximum atomic E-state index is 4.76. The van der Waals surface area contributed by atoms with Gasteiger partial charge >= 0.3 is 0 Å². The van der Waals surface area contributed by atoms with E-state index in [1.54, 1.807) is 11.3 Å². The minimum Gasteiger partial charge on any atom is -0.303 e. The molecular weight excluding hydrogens is 288 g/mol. The quantitative estimate of drug-likeness (QED) is 0.791. The maximum absolute atomic E-state index is 4.76. The Morgan fingerprint density at radius 3 is 3.10 bits per heavy atom. The molecule has 1 atom stereocenters. The molecule has 1 unspecified atom stereocenters. The summed E-state index contributed by atoms with van der Waals surface area (Å²) in [6.45, 7) is 0.999. The molecule has 4 rings (SSSR count). The van der Waals surface area contributed by atoms with E-state index in [-0.39, 0.29) is 6.04 Å². The lowest BCUT2D eigenvalue weighted by Gasteiger charge is -2.23. The van der Waals surface area contributed by atoms with Gasteiger partial charge in [-0.15, -0.1) is 22.7 Å². The molecule has 0 aromatic carbocycles. The fraction of sp³-hybridized carbons (Fsp3) is 0.286. The summed E-state index contributed by atoms with van der Waals surface area (Å²) in [6, 6.07) is 6.47. The van der Waals surface area contributed by atoms with Gasteiger partial charge in [-0.3, -0.25) is 4.68 Å². The second kappa shape index (κ2) is 4.80. The minimum atomic E-state index is 0.163. The molecule has 102 valence electrons. The van der Waals surface area contributed by atoms with Crippen molar-refractivity contribution in [3.8, 4) is 10.7 Å². The second-order valence-corrected chi connectivity index (χ2v) is 6.78. The van der Waals surface area contributed by atoms with Crippen LogP contribution in [0.4, 0.5) is 0 Å². The van der Waals surface area contributed by atoms with Crippen LogP contribution in [-0.4, -0.2) is 21.3 Å². The molecule has 0 saturated heterocycles. The Hall–Kier alpha value is -1.50.